The molecule has 2 rings (SSSR count). The third kappa shape index (κ3) is 4.13. The lowest BCUT2D eigenvalue weighted by Gasteiger charge is -2.10. The predicted molar refractivity (Wildman–Crippen MR) is 81.4 cm³/mol. The predicted octanol–water partition coefficient (Wildman–Crippen LogP) is 3.58. The van der Waals surface area contributed by atoms with Gasteiger partial charge in [0.15, 0.2) is 0 Å². The summed E-state index contributed by atoms with van der Waals surface area (Å²) in [7, 11) is 0. The summed E-state index contributed by atoms with van der Waals surface area (Å²) in [5.74, 6) is -1.69. The van der Waals surface area contributed by atoms with Gasteiger partial charge in [0.1, 0.15) is 6.04 Å². The molecule has 126 valence electrons. The van der Waals surface area contributed by atoms with E-state index in [1.54, 1.807) is 12.1 Å². The van der Waals surface area contributed by atoms with Crippen LogP contribution in [0.25, 0.3) is 11.1 Å². The molecular weight excluding hydrogens is 323 g/mol. The zero-order valence-electron chi connectivity index (χ0n) is 12.6. The molecule has 1 atom stereocenters. The van der Waals surface area contributed by atoms with Crippen molar-refractivity contribution in [3.05, 3.63) is 59.7 Å². The minimum Gasteiger partial charge on any atom is -0.480 e. The Morgan fingerprint density at radius 3 is 1.83 bits per heavy atom. The van der Waals surface area contributed by atoms with Gasteiger partial charge in [-0.25, -0.2) is 0 Å². The summed E-state index contributed by atoms with van der Waals surface area (Å²) in [4.78, 5) is 22.6. The third-order valence-electron chi connectivity index (χ3n) is 3.41. The second-order valence-corrected chi connectivity index (χ2v) is 5.19. The van der Waals surface area contributed by atoms with Crippen LogP contribution in [0.4, 0.5) is 13.2 Å². The Morgan fingerprint density at radius 1 is 0.958 bits per heavy atom. The van der Waals surface area contributed by atoms with E-state index in [9.17, 15) is 22.8 Å². The summed E-state index contributed by atoms with van der Waals surface area (Å²) >= 11 is 0. The number of nitrogens with one attached hydrogen (secondary N) is 1. The van der Waals surface area contributed by atoms with Crippen LogP contribution in [0.5, 0.6) is 0 Å². The number of benzene rings is 2. The number of carboxylic acid groups (broad SMARTS) is 1. The molecule has 0 saturated heterocycles. The Labute approximate surface area is 135 Å². The van der Waals surface area contributed by atoms with Gasteiger partial charge >= 0.3 is 12.1 Å². The molecule has 0 saturated carbocycles. The second-order valence-electron chi connectivity index (χ2n) is 5.19. The fourth-order valence-corrected chi connectivity index (χ4v) is 2.01. The van der Waals surface area contributed by atoms with Gasteiger partial charge in [0, 0.05) is 5.56 Å². The Kier molecular flexibility index (Phi) is 4.92. The largest absolute Gasteiger partial charge is 0.480 e. The lowest BCUT2D eigenvalue weighted by atomic mass is 10.0. The highest BCUT2D eigenvalue weighted by molar-refractivity contribution is 5.96. The van der Waals surface area contributed by atoms with Crippen molar-refractivity contribution in [2.45, 2.75) is 19.1 Å². The summed E-state index contributed by atoms with van der Waals surface area (Å²) in [5.41, 5.74) is 0.754. The topological polar surface area (TPSA) is 66.4 Å². The highest BCUT2D eigenvalue weighted by atomic mass is 19.4. The molecule has 2 aromatic rings. The number of carboxylic acids is 1. The van der Waals surface area contributed by atoms with Crippen molar-refractivity contribution in [1.29, 1.82) is 0 Å². The van der Waals surface area contributed by atoms with Crippen LogP contribution in [0.15, 0.2) is 48.5 Å². The molecule has 4 nitrogen and oxygen atoms in total. The standard InChI is InChI=1S/C17H14F3NO3/c1-10(16(23)24)21-15(22)13-4-2-11(3-5-13)12-6-8-14(9-7-12)17(18,19)20/h2-10H,1H3,(H,21,22)(H,23,24). The van der Waals surface area contributed by atoms with Gasteiger partial charge in [-0.1, -0.05) is 24.3 Å². The molecule has 0 bridgehead atoms. The van der Waals surface area contributed by atoms with Gasteiger partial charge in [-0.3, -0.25) is 9.59 Å². The first-order valence-corrected chi connectivity index (χ1v) is 7.00. The van der Waals surface area contributed by atoms with Gasteiger partial charge in [-0.2, -0.15) is 13.2 Å². The average molecular weight is 337 g/mol. The number of alkyl halides is 3. The van der Waals surface area contributed by atoms with Crippen LogP contribution in [0.1, 0.15) is 22.8 Å². The van der Waals surface area contributed by atoms with E-state index in [1.807, 2.05) is 0 Å². The van der Waals surface area contributed by atoms with Crippen LogP contribution in [0.2, 0.25) is 0 Å². The third-order valence-corrected chi connectivity index (χ3v) is 3.41. The molecule has 0 aromatic heterocycles. The van der Waals surface area contributed by atoms with Crippen molar-refractivity contribution < 1.29 is 27.9 Å². The molecule has 0 aliphatic carbocycles. The van der Waals surface area contributed by atoms with Gasteiger partial charge in [0.2, 0.25) is 0 Å². The summed E-state index contributed by atoms with van der Waals surface area (Å²) in [6, 6.07) is 9.80. The zero-order chi connectivity index (χ0) is 17.9. The van der Waals surface area contributed by atoms with Crippen molar-refractivity contribution in [3.63, 3.8) is 0 Å². The molecule has 2 aromatic carbocycles. The first-order chi connectivity index (χ1) is 11.2. The second kappa shape index (κ2) is 6.74. The Balaban J connectivity index is 2.14. The maximum Gasteiger partial charge on any atom is 0.416 e. The highest BCUT2D eigenvalue weighted by Crippen LogP contribution is 2.31. The molecule has 0 heterocycles. The first-order valence-electron chi connectivity index (χ1n) is 7.00. The first kappa shape index (κ1) is 17.5. The fraction of sp³-hybridized carbons (Fsp3) is 0.176. The van der Waals surface area contributed by atoms with Gasteiger partial charge in [0.05, 0.1) is 5.56 Å². The smallest absolute Gasteiger partial charge is 0.416 e. The molecule has 1 unspecified atom stereocenters. The maximum absolute atomic E-state index is 12.5. The molecule has 7 heteroatoms. The molecule has 24 heavy (non-hydrogen) atoms. The van der Waals surface area contributed by atoms with E-state index in [2.05, 4.69) is 5.32 Å². The molecule has 0 fully saturated rings. The van der Waals surface area contributed by atoms with Crippen molar-refractivity contribution in [2.75, 3.05) is 0 Å². The van der Waals surface area contributed by atoms with E-state index >= 15 is 0 Å². The number of aliphatic carboxylic acids is 1. The molecule has 0 spiro atoms. The average Bonchev–Trinajstić information content (AvgIpc) is 2.54. The molecule has 2 N–H and O–H groups in total. The number of amides is 1. The number of carbonyl (C=O) groups is 2. The lowest BCUT2D eigenvalue weighted by Crippen LogP contribution is -2.38. The van der Waals surface area contributed by atoms with E-state index in [0.717, 1.165) is 12.1 Å². The number of rotatable bonds is 4. The number of hydrogen-bond acceptors (Lipinski definition) is 2. The van der Waals surface area contributed by atoms with E-state index < -0.39 is 29.7 Å². The van der Waals surface area contributed by atoms with Crippen LogP contribution in [-0.4, -0.2) is 23.0 Å². The minimum atomic E-state index is -4.39. The van der Waals surface area contributed by atoms with Gasteiger partial charge < -0.3 is 10.4 Å². The maximum atomic E-state index is 12.5. The summed E-state index contributed by atoms with van der Waals surface area (Å²) in [6.45, 7) is 1.34. The van der Waals surface area contributed by atoms with E-state index in [0.29, 0.717) is 11.1 Å². The van der Waals surface area contributed by atoms with Crippen LogP contribution in [-0.2, 0) is 11.0 Å². The van der Waals surface area contributed by atoms with Crippen LogP contribution < -0.4 is 5.32 Å². The zero-order valence-corrected chi connectivity index (χ0v) is 12.6. The fourth-order valence-electron chi connectivity index (χ4n) is 2.01. The molecule has 1 amide bonds. The van der Waals surface area contributed by atoms with Gasteiger partial charge in [0.25, 0.3) is 5.91 Å². The normalized spacial score (nSPS) is 12.5. The monoisotopic (exact) mass is 337 g/mol. The van der Waals surface area contributed by atoms with E-state index in [1.165, 1.54) is 31.2 Å². The van der Waals surface area contributed by atoms with Crippen molar-refractivity contribution in [2.24, 2.45) is 0 Å². The number of hydrogen-bond donors (Lipinski definition) is 2. The van der Waals surface area contributed by atoms with Crippen molar-refractivity contribution in [1.82, 2.24) is 5.32 Å². The van der Waals surface area contributed by atoms with Gasteiger partial charge in [-0.05, 0) is 42.3 Å². The van der Waals surface area contributed by atoms with Crippen LogP contribution >= 0.6 is 0 Å². The molecular formula is C17H14F3NO3. The van der Waals surface area contributed by atoms with Crippen molar-refractivity contribution >= 4 is 11.9 Å². The quantitative estimate of drug-likeness (QED) is 0.896. The lowest BCUT2D eigenvalue weighted by molar-refractivity contribution is -0.139. The van der Waals surface area contributed by atoms with E-state index in [4.69, 9.17) is 5.11 Å². The highest BCUT2D eigenvalue weighted by Gasteiger charge is 2.29. The van der Waals surface area contributed by atoms with E-state index in [-0.39, 0.29) is 5.56 Å². The number of carbonyl (C=O) groups excluding carboxylic acids is 1. The summed E-state index contributed by atoms with van der Waals surface area (Å²) < 4.78 is 37.6. The Morgan fingerprint density at radius 2 is 1.42 bits per heavy atom. The SMILES string of the molecule is CC(NC(=O)c1ccc(-c2ccc(C(F)(F)F)cc2)cc1)C(=O)O. The summed E-state index contributed by atoms with van der Waals surface area (Å²) in [6.07, 6.45) is -4.39. The van der Waals surface area contributed by atoms with Crippen LogP contribution in [0.3, 0.4) is 0 Å². The minimum absolute atomic E-state index is 0.263. The Hall–Kier alpha value is -2.83. The van der Waals surface area contributed by atoms with Crippen LogP contribution in [0, 0.1) is 0 Å². The summed E-state index contributed by atoms with van der Waals surface area (Å²) in [5, 5.41) is 11.1. The molecule has 0 aliphatic heterocycles. The number of halogens is 3. The Bertz CT molecular complexity index is 737. The van der Waals surface area contributed by atoms with Crippen molar-refractivity contribution in [3.8, 4) is 11.1 Å². The molecule has 0 radical (unpaired) electrons. The van der Waals surface area contributed by atoms with Gasteiger partial charge in [-0.15, -0.1) is 0 Å². The molecule has 0 aliphatic rings.